The van der Waals surface area contributed by atoms with E-state index in [0.717, 1.165) is 0 Å². The molecule has 0 aliphatic rings. The average molecular weight is 447 g/mol. The van der Waals surface area contributed by atoms with Gasteiger partial charge in [0.2, 0.25) is 0 Å². The summed E-state index contributed by atoms with van der Waals surface area (Å²) >= 11 is 5.99. The molecule has 0 aliphatic heterocycles. The molecule has 0 spiro atoms. The minimum atomic E-state index is 0.215. The molecule has 0 saturated carbocycles. The Hall–Kier alpha value is -0.640. The molecule has 160 valence electrons. The summed E-state index contributed by atoms with van der Waals surface area (Å²) < 4.78 is 2.94. The van der Waals surface area contributed by atoms with Crippen LogP contribution in [0.25, 0.3) is 9.40 Å². The van der Waals surface area contributed by atoms with Crippen LogP contribution in [0.4, 0.5) is 0 Å². The minimum Gasteiger partial charge on any atom is -0.144 e. The fraction of sp³-hybridized carbons (Fsp3) is 0.615. The van der Waals surface area contributed by atoms with Crippen LogP contribution in [0.3, 0.4) is 0 Å². The second-order valence-electron chi connectivity index (χ2n) is 11.9. The smallest absolute Gasteiger partial charge is 0.0456 e. The molecule has 0 nitrogen and oxygen atoms in total. The van der Waals surface area contributed by atoms with Gasteiger partial charge < -0.3 is 0 Å². The van der Waals surface area contributed by atoms with Crippen LogP contribution in [0.15, 0.2) is 24.3 Å². The highest BCUT2D eigenvalue weighted by molar-refractivity contribution is 7.28. The highest BCUT2D eigenvalue weighted by Crippen LogP contribution is 2.45. The first-order valence-electron chi connectivity index (χ1n) is 10.7. The molecule has 0 radical (unpaired) electrons. The summed E-state index contributed by atoms with van der Waals surface area (Å²) in [4.78, 5) is 6.06. The monoisotopic (exact) mass is 446 g/mol. The maximum Gasteiger partial charge on any atom is 0.0456 e. The van der Waals surface area contributed by atoms with E-state index in [4.69, 9.17) is 0 Å². The van der Waals surface area contributed by atoms with E-state index >= 15 is 0 Å². The molecule has 0 N–H and O–H groups in total. The highest BCUT2D eigenvalue weighted by atomic mass is 32.1. The molecule has 0 atom stereocenters. The maximum absolute atomic E-state index is 2.47. The number of hydrogen-bond donors (Lipinski definition) is 0. The van der Waals surface area contributed by atoms with Gasteiger partial charge in [-0.15, -0.1) is 34.0 Å². The lowest BCUT2D eigenvalue weighted by Crippen LogP contribution is -2.23. The van der Waals surface area contributed by atoms with Crippen molar-refractivity contribution in [2.24, 2.45) is 0 Å². The number of thiophene rings is 3. The van der Waals surface area contributed by atoms with Crippen molar-refractivity contribution in [1.29, 1.82) is 0 Å². The first-order valence-corrected chi connectivity index (χ1v) is 13.2. The molecule has 3 heteroatoms. The van der Waals surface area contributed by atoms with Crippen molar-refractivity contribution in [3.63, 3.8) is 0 Å². The molecule has 3 rings (SSSR count). The Balaban J connectivity index is 1.75. The molecule has 0 fully saturated rings. The van der Waals surface area contributed by atoms with Crippen molar-refractivity contribution in [3.8, 4) is 0 Å². The zero-order chi connectivity index (χ0) is 21.8. The third kappa shape index (κ3) is 4.99. The van der Waals surface area contributed by atoms with E-state index in [-0.39, 0.29) is 21.7 Å². The predicted molar refractivity (Wildman–Crippen MR) is 137 cm³/mol. The summed E-state index contributed by atoms with van der Waals surface area (Å²) in [5.41, 5.74) is 0.925. The van der Waals surface area contributed by atoms with Crippen molar-refractivity contribution in [2.45, 2.75) is 104 Å². The van der Waals surface area contributed by atoms with Crippen LogP contribution >= 0.6 is 34.0 Å². The Morgan fingerprint density at radius 2 is 0.931 bits per heavy atom. The van der Waals surface area contributed by atoms with E-state index in [1.165, 1.54) is 41.8 Å². The Morgan fingerprint density at radius 1 is 0.517 bits per heavy atom. The number of fused-ring (bicyclic) bond motifs is 1. The molecule has 29 heavy (non-hydrogen) atoms. The van der Waals surface area contributed by atoms with E-state index in [1.54, 1.807) is 0 Å². The maximum atomic E-state index is 2.47. The Bertz CT molecular complexity index is 946. The van der Waals surface area contributed by atoms with Gasteiger partial charge in [0.05, 0.1) is 0 Å². The largest absolute Gasteiger partial charge is 0.144 e. The second kappa shape index (κ2) is 7.50. The van der Waals surface area contributed by atoms with Gasteiger partial charge in [-0.25, -0.2) is 0 Å². The van der Waals surface area contributed by atoms with Crippen molar-refractivity contribution >= 4 is 43.4 Å². The van der Waals surface area contributed by atoms with Crippen molar-refractivity contribution in [3.05, 3.63) is 43.8 Å². The number of hydrogen-bond acceptors (Lipinski definition) is 3. The molecule has 3 aromatic heterocycles. The fourth-order valence-electron chi connectivity index (χ4n) is 3.51. The zero-order valence-electron chi connectivity index (χ0n) is 19.9. The van der Waals surface area contributed by atoms with Crippen LogP contribution in [0.1, 0.15) is 102 Å². The third-order valence-electron chi connectivity index (χ3n) is 6.00. The first-order chi connectivity index (χ1) is 13.1. The van der Waals surface area contributed by atoms with Gasteiger partial charge in [-0.3, -0.25) is 0 Å². The predicted octanol–water partition coefficient (Wildman–Crippen LogP) is 9.65. The van der Waals surface area contributed by atoms with Crippen LogP contribution in [-0.4, -0.2) is 0 Å². The molecular formula is C26H38S3. The van der Waals surface area contributed by atoms with Gasteiger partial charge in [-0.2, -0.15) is 0 Å². The topological polar surface area (TPSA) is 0 Å². The number of rotatable bonds is 5. The van der Waals surface area contributed by atoms with Crippen molar-refractivity contribution < 1.29 is 0 Å². The fourth-order valence-corrected chi connectivity index (χ4v) is 7.29. The molecule has 0 aromatic carbocycles. The third-order valence-corrected chi connectivity index (χ3v) is 11.0. The lowest BCUT2D eigenvalue weighted by Gasteiger charge is -2.30. The second-order valence-corrected chi connectivity index (χ2v) is 15.1. The molecule has 0 amide bonds. The molecular weight excluding hydrogens is 408 g/mol. The van der Waals surface area contributed by atoms with E-state index in [9.17, 15) is 0 Å². The van der Waals surface area contributed by atoms with Gasteiger partial charge in [-0.1, -0.05) is 69.2 Å². The average Bonchev–Trinajstić information content (AvgIpc) is 3.25. The van der Waals surface area contributed by atoms with Gasteiger partial charge in [0.15, 0.2) is 0 Å². The standard InChI is InChI=1S/C26H38S3/c1-23(2,3)19-11-12-20(29-19)25(7,8)13-14-26(9,10)22-16-18-17(28-22)15-21(27-18)24(4,5)6/h11-12,15-16H,13-14H2,1-10H3. The van der Waals surface area contributed by atoms with Crippen LogP contribution in [0.5, 0.6) is 0 Å². The van der Waals surface area contributed by atoms with E-state index in [1.807, 2.05) is 34.0 Å². The summed E-state index contributed by atoms with van der Waals surface area (Å²) in [5, 5.41) is 0. The van der Waals surface area contributed by atoms with Crippen molar-refractivity contribution in [1.82, 2.24) is 0 Å². The summed E-state index contributed by atoms with van der Waals surface area (Å²) in [7, 11) is 0. The Labute approximate surface area is 190 Å². The normalized spacial score (nSPS) is 14.1. The quantitative estimate of drug-likeness (QED) is 0.366. The van der Waals surface area contributed by atoms with Gasteiger partial charge in [-0.05, 0) is 58.8 Å². The molecule has 0 bridgehead atoms. The molecule has 3 heterocycles. The van der Waals surface area contributed by atoms with Crippen molar-refractivity contribution in [2.75, 3.05) is 0 Å². The Kier molecular flexibility index (Phi) is 5.95. The SMILES string of the molecule is CC(C)(C)c1ccc(C(C)(C)CCC(C)(C)c2cc3sc(C(C)(C)C)cc3s2)s1. The molecule has 3 aromatic rings. The summed E-state index contributed by atoms with van der Waals surface area (Å²) in [6, 6.07) is 9.60. The minimum absolute atomic E-state index is 0.215. The lowest BCUT2D eigenvalue weighted by molar-refractivity contribution is 0.383. The first kappa shape index (κ1) is 23.0. The van der Waals surface area contributed by atoms with E-state index in [0.29, 0.717) is 0 Å². The van der Waals surface area contributed by atoms with Gasteiger partial charge >= 0.3 is 0 Å². The van der Waals surface area contributed by atoms with Crippen LogP contribution in [0.2, 0.25) is 0 Å². The molecule has 0 saturated heterocycles. The van der Waals surface area contributed by atoms with E-state index in [2.05, 4.69) is 93.5 Å². The summed E-state index contributed by atoms with van der Waals surface area (Å²) in [5.74, 6) is 0. The Morgan fingerprint density at radius 3 is 1.41 bits per heavy atom. The molecule has 0 aliphatic carbocycles. The summed E-state index contributed by atoms with van der Waals surface area (Å²) in [6.45, 7) is 23.6. The van der Waals surface area contributed by atoms with Gasteiger partial charge in [0.25, 0.3) is 0 Å². The van der Waals surface area contributed by atoms with E-state index < -0.39 is 0 Å². The lowest BCUT2D eigenvalue weighted by atomic mass is 9.77. The molecule has 0 unspecified atom stereocenters. The van der Waals surface area contributed by atoms with Crippen LogP contribution in [-0.2, 0) is 21.7 Å². The highest BCUT2D eigenvalue weighted by Gasteiger charge is 2.31. The summed E-state index contributed by atoms with van der Waals surface area (Å²) in [6.07, 6.45) is 2.42. The van der Waals surface area contributed by atoms with Gasteiger partial charge in [0.1, 0.15) is 0 Å². The zero-order valence-corrected chi connectivity index (χ0v) is 22.4. The van der Waals surface area contributed by atoms with Gasteiger partial charge in [0, 0.05) is 28.9 Å². The van der Waals surface area contributed by atoms with Crippen LogP contribution < -0.4 is 0 Å². The van der Waals surface area contributed by atoms with Crippen LogP contribution in [0, 0.1) is 0 Å².